The van der Waals surface area contributed by atoms with Crippen molar-refractivity contribution in [1.29, 1.82) is 0 Å². The first-order valence-electron chi connectivity index (χ1n) is 8.21. The van der Waals surface area contributed by atoms with Crippen LogP contribution in [0, 0.1) is 17.6 Å². The quantitative estimate of drug-likeness (QED) is 0.801. The summed E-state index contributed by atoms with van der Waals surface area (Å²) >= 11 is 5.95. The van der Waals surface area contributed by atoms with Crippen LogP contribution in [0.3, 0.4) is 0 Å². The fourth-order valence-electron chi connectivity index (χ4n) is 2.67. The molecule has 142 valence electrons. The molecule has 0 spiro atoms. The molecular weight excluding hydrogens is 380 g/mol. The zero-order valence-electron chi connectivity index (χ0n) is 14.3. The lowest BCUT2D eigenvalue weighted by atomic mass is 9.97. The summed E-state index contributed by atoms with van der Waals surface area (Å²) in [4.78, 5) is 24.4. The average Bonchev–Trinajstić information content (AvgIpc) is 2.63. The molecule has 2 aromatic rings. The maximum atomic E-state index is 13.6. The van der Waals surface area contributed by atoms with E-state index < -0.39 is 35.5 Å². The summed E-state index contributed by atoms with van der Waals surface area (Å²) in [5, 5.41) is 2.73. The maximum absolute atomic E-state index is 13.6. The van der Waals surface area contributed by atoms with Gasteiger partial charge in [-0.05, 0) is 49.2 Å². The van der Waals surface area contributed by atoms with E-state index in [2.05, 4.69) is 5.32 Å². The van der Waals surface area contributed by atoms with E-state index in [4.69, 9.17) is 21.1 Å². The van der Waals surface area contributed by atoms with Gasteiger partial charge in [-0.2, -0.15) is 0 Å². The Labute approximate surface area is 159 Å². The van der Waals surface area contributed by atoms with Gasteiger partial charge in [0, 0.05) is 11.1 Å². The number of fused-ring (bicyclic) bond motifs is 1. The van der Waals surface area contributed by atoms with Crippen LogP contribution in [0.4, 0.5) is 14.5 Å². The van der Waals surface area contributed by atoms with Crippen LogP contribution in [-0.4, -0.2) is 24.6 Å². The number of halogens is 3. The molecule has 5 nitrogen and oxygen atoms in total. The van der Waals surface area contributed by atoms with Crippen molar-refractivity contribution in [3.63, 3.8) is 0 Å². The van der Waals surface area contributed by atoms with Gasteiger partial charge in [0.05, 0.1) is 11.6 Å². The Hall–Kier alpha value is -2.67. The van der Waals surface area contributed by atoms with Gasteiger partial charge in [-0.1, -0.05) is 11.6 Å². The summed E-state index contributed by atoms with van der Waals surface area (Å²) in [6.07, 6.45) is -0.831. The molecule has 1 amide bonds. The number of benzene rings is 2. The zero-order valence-corrected chi connectivity index (χ0v) is 15.1. The molecule has 1 N–H and O–H groups in total. The monoisotopic (exact) mass is 395 g/mol. The Bertz CT molecular complexity index is 890. The highest BCUT2D eigenvalue weighted by atomic mass is 35.5. The molecule has 1 aliphatic heterocycles. The first-order chi connectivity index (χ1) is 12.8. The summed E-state index contributed by atoms with van der Waals surface area (Å²) in [7, 11) is 0. The molecule has 0 saturated heterocycles. The van der Waals surface area contributed by atoms with Crippen molar-refractivity contribution in [2.75, 3.05) is 11.9 Å². The Morgan fingerprint density at radius 2 is 2.04 bits per heavy atom. The number of nitrogens with one attached hydrogen (secondary N) is 1. The minimum Gasteiger partial charge on any atom is -0.492 e. The molecule has 0 saturated carbocycles. The minimum atomic E-state index is -1.19. The van der Waals surface area contributed by atoms with Crippen LogP contribution in [-0.2, 0) is 20.7 Å². The van der Waals surface area contributed by atoms with Gasteiger partial charge >= 0.3 is 5.97 Å². The second kappa shape index (κ2) is 7.92. The van der Waals surface area contributed by atoms with Gasteiger partial charge in [-0.3, -0.25) is 9.59 Å². The first-order valence-corrected chi connectivity index (χ1v) is 8.59. The van der Waals surface area contributed by atoms with Crippen molar-refractivity contribution >= 4 is 29.2 Å². The predicted molar refractivity (Wildman–Crippen MR) is 94.7 cm³/mol. The molecule has 0 unspecified atom stereocenters. The third kappa shape index (κ3) is 4.54. The Balaban J connectivity index is 1.60. The van der Waals surface area contributed by atoms with E-state index in [-0.39, 0.29) is 12.3 Å². The first kappa shape index (κ1) is 19.1. The van der Waals surface area contributed by atoms with Crippen LogP contribution in [0.5, 0.6) is 5.75 Å². The molecule has 8 heteroatoms. The number of hydrogen-bond acceptors (Lipinski definition) is 4. The van der Waals surface area contributed by atoms with Gasteiger partial charge in [-0.25, -0.2) is 8.78 Å². The highest BCUT2D eigenvalue weighted by Gasteiger charge is 2.30. The number of carbonyl (C=O) groups excluding carboxylic acids is 2. The van der Waals surface area contributed by atoms with Gasteiger partial charge in [-0.15, -0.1) is 0 Å². The lowest BCUT2D eigenvalue weighted by Gasteiger charge is -2.25. The molecule has 0 fully saturated rings. The van der Waals surface area contributed by atoms with Gasteiger partial charge in [0.25, 0.3) is 5.91 Å². The normalized spacial score (nSPS) is 16.7. The summed E-state index contributed by atoms with van der Waals surface area (Å²) in [6.45, 7) is 1.46. The van der Waals surface area contributed by atoms with Gasteiger partial charge in [0.2, 0.25) is 0 Å². The Morgan fingerprint density at radius 1 is 1.26 bits per heavy atom. The van der Waals surface area contributed by atoms with E-state index in [1.54, 1.807) is 18.2 Å². The van der Waals surface area contributed by atoms with E-state index in [1.165, 1.54) is 6.92 Å². The number of ether oxygens (including phenoxy) is 2. The molecule has 3 rings (SSSR count). The van der Waals surface area contributed by atoms with E-state index >= 15 is 0 Å². The molecular formula is C19H16ClF2NO4. The molecule has 0 aromatic heterocycles. The molecule has 1 heterocycles. The molecule has 0 aliphatic carbocycles. The number of hydrogen-bond donors (Lipinski definition) is 1. The van der Waals surface area contributed by atoms with Crippen molar-refractivity contribution in [1.82, 2.24) is 0 Å². The average molecular weight is 396 g/mol. The van der Waals surface area contributed by atoms with E-state index in [9.17, 15) is 18.4 Å². The lowest BCUT2D eigenvalue weighted by Crippen LogP contribution is -2.36. The Morgan fingerprint density at radius 3 is 2.81 bits per heavy atom. The summed E-state index contributed by atoms with van der Waals surface area (Å²) < 4.78 is 37.5. The second-order valence-corrected chi connectivity index (χ2v) is 6.59. The summed E-state index contributed by atoms with van der Waals surface area (Å²) in [6, 6.07) is 7.79. The summed E-state index contributed by atoms with van der Waals surface area (Å²) in [5.41, 5.74) is 0.446. The molecule has 0 bridgehead atoms. The fourth-order valence-corrected chi connectivity index (χ4v) is 2.86. The number of amides is 1. The molecule has 0 radical (unpaired) electrons. The van der Waals surface area contributed by atoms with Crippen molar-refractivity contribution in [3.05, 3.63) is 58.6 Å². The third-order valence-corrected chi connectivity index (χ3v) is 4.35. The topological polar surface area (TPSA) is 64.6 Å². The molecule has 27 heavy (non-hydrogen) atoms. The van der Waals surface area contributed by atoms with E-state index in [0.717, 1.165) is 23.8 Å². The SMILES string of the molecule is C[C@H](OC(=O)[C@H]1COc2ccc(Cl)cc2C1)C(=O)Nc1cc(F)ccc1F. The summed E-state index contributed by atoms with van der Waals surface area (Å²) in [5.74, 6) is -2.84. The molecule has 1 aliphatic rings. The van der Waals surface area contributed by atoms with Crippen molar-refractivity contribution in [3.8, 4) is 5.75 Å². The van der Waals surface area contributed by atoms with E-state index in [0.29, 0.717) is 17.2 Å². The van der Waals surface area contributed by atoms with Crippen molar-refractivity contribution in [2.24, 2.45) is 5.92 Å². The number of esters is 1. The number of rotatable bonds is 4. The predicted octanol–water partition coefficient (Wildman–Crippen LogP) is 3.74. The highest BCUT2D eigenvalue weighted by molar-refractivity contribution is 6.30. The smallest absolute Gasteiger partial charge is 0.313 e. The van der Waals surface area contributed by atoms with Crippen LogP contribution in [0.25, 0.3) is 0 Å². The van der Waals surface area contributed by atoms with Crippen LogP contribution >= 0.6 is 11.6 Å². The lowest BCUT2D eigenvalue weighted by molar-refractivity contribution is -0.158. The minimum absolute atomic E-state index is 0.111. The van der Waals surface area contributed by atoms with E-state index in [1.807, 2.05) is 0 Å². The van der Waals surface area contributed by atoms with Crippen molar-refractivity contribution < 1.29 is 27.8 Å². The van der Waals surface area contributed by atoms with Crippen LogP contribution in [0.2, 0.25) is 5.02 Å². The molecule has 2 atom stereocenters. The standard InChI is InChI=1S/C19H16ClF2NO4/c1-10(18(24)23-16-8-14(21)3-4-15(16)22)27-19(25)12-6-11-7-13(20)2-5-17(11)26-9-12/h2-5,7-8,10,12H,6,9H2,1H3,(H,23,24)/t10-,12+/m0/s1. The van der Waals surface area contributed by atoms with Crippen LogP contribution in [0.1, 0.15) is 12.5 Å². The van der Waals surface area contributed by atoms with Crippen molar-refractivity contribution in [2.45, 2.75) is 19.4 Å². The van der Waals surface area contributed by atoms with Gasteiger partial charge in [0.15, 0.2) is 6.10 Å². The largest absolute Gasteiger partial charge is 0.492 e. The number of anilines is 1. The maximum Gasteiger partial charge on any atom is 0.313 e. The fraction of sp³-hybridized carbons (Fsp3) is 0.263. The van der Waals surface area contributed by atoms with Crippen LogP contribution < -0.4 is 10.1 Å². The van der Waals surface area contributed by atoms with Crippen LogP contribution in [0.15, 0.2) is 36.4 Å². The van der Waals surface area contributed by atoms with Gasteiger partial charge in [0.1, 0.15) is 24.0 Å². The Kier molecular flexibility index (Phi) is 5.60. The number of carbonyl (C=O) groups is 2. The third-order valence-electron chi connectivity index (χ3n) is 4.11. The molecule has 2 aromatic carbocycles. The second-order valence-electron chi connectivity index (χ2n) is 6.16. The highest BCUT2D eigenvalue weighted by Crippen LogP contribution is 2.30. The van der Waals surface area contributed by atoms with Gasteiger partial charge < -0.3 is 14.8 Å². The zero-order chi connectivity index (χ0) is 19.6.